The second kappa shape index (κ2) is 10.5. The summed E-state index contributed by atoms with van der Waals surface area (Å²) in [7, 11) is 0. The zero-order valence-electron chi connectivity index (χ0n) is 14.9. The highest BCUT2D eigenvalue weighted by molar-refractivity contribution is 7.13. The van der Waals surface area contributed by atoms with Gasteiger partial charge in [0.1, 0.15) is 5.01 Å². The first-order valence-corrected chi connectivity index (χ1v) is 10.1. The monoisotopic (exact) mass is 379 g/mol. The predicted molar refractivity (Wildman–Crippen MR) is 106 cm³/mol. The SMILES string of the molecule is CCN(CC)CCCCNC(=O)Cc1csc(-c2ccc(Cl)cc2)n1. The Morgan fingerprint density at radius 2 is 1.92 bits per heavy atom. The molecule has 1 N–H and O–H groups in total. The van der Waals surface area contributed by atoms with E-state index in [1.165, 1.54) is 0 Å². The molecule has 0 bridgehead atoms. The van der Waals surface area contributed by atoms with Crippen LogP contribution < -0.4 is 5.32 Å². The minimum atomic E-state index is 0.0378. The van der Waals surface area contributed by atoms with E-state index < -0.39 is 0 Å². The lowest BCUT2D eigenvalue weighted by atomic mass is 10.2. The maximum absolute atomic E-state index is 12.0. The second-order valence-electron chi connectivity index (χ2n) is 5.91. The molecule has 1 amide bonds. The molecule has 0 aliphatic rings. The van der Waals surface area contributed by atoms with Crippen LogP contribution in [0.3, 0.4) is 0 Å². The van der Waals surface area contributed by atoms with Gasteiger partial charge in [0.15, 0.2) is 0 Å². The summed E-state index contributed by atoms with van der Waals surface area (Å²) in [5.74, 6) is 0.0378. The van der Waals surface area contributed by atoms with Gasteiger partial charge in [0.05, 0.1) is 12.1 Å². The fourth-order valence-corrected chi connectivity index (χ4v) is 3.52. The van der Waals surface area contributed by atoms with Crippen LogP contribution in [0.5, 0.6) is 0 Å². The van der Waals surface area contributed by atoms with E-state index in [4.69, 9.17) is 11.6 Å². The number of unbranched alkanes of at least 4 members (excludes halogenated alkanes) is 1. The van der Waals surface area contributed by atoms with Gasteiger partial charge in [-0.15, -0.1) is 11.3 Å². The average molecular weight is 380 g/mol. The Kier molecular flexibility index (Phi) is 8.38. The van der Waals surface area contributed by atoms with E-state index in [1.54, 1.807) is 11.3 Å². The number of nitrogens with one attached hydrogen (secondary N) is 1. The number of amides is 1. The number of thiazole rings is 1. The molecule has 0 saturated carbocycles. The lowest BCUT2D eigenvalue weighted by Crippen LogP contribution is -2.28. The third kappa shape index (κ3) is 6.77. The molecule has 1 aromatic carbocycles. The van der Waals surface area contributed by atoms with Crippen LogP contribution in [0.15, 0.2) is 29.6 Å². The standard InChI is InChI=1S/C19H26ClN3OS/c1-3-23(4-2)12-6-5-11-21-18(24)13-17-14-25-19(22-17)15-7-9-16(20)10-8-15/h7-10,14H,3-6,11-13H2,1-2H3,(H,21,24). The summed E-state index contributed by atoms with van der Waals surface area (Å²) >= 11 is 7.46. The molecule has 0 aliphatic carbocycles. The van der Waals surface area contributed by atoms with Crippen molar-refractivity contribution in [2.24, 2.45) is 0 Å². The first-order valence-electron chi connectivity index (χ1n) is 8.81. The van der Waals surface area contributed by atoms with Crippen LogP contribution in [0.1, 0.15) is 32.4 Å². The zero-order chi connectivity index (χ0) is 18.1. The Morgan fingerprint density at radius 3 is 2.60 bits per heavy atom. The molecule has 25 heavy (non-hydrogen) atoms. The van der Waals surface area contributed by atoms with Crippen molar-refractivity contribution < 1.29 is 4.79 Å². The Balaban J connectivity index is 1.71. The summed E-state index contributed by atoms with van der Waals surface area (Å²) in [6.45, 7) is 8.35. The van der Waals surface area contributed by atoms with Crippen LogP contribution in [-0.2, 0) is 11.2 Å². The van der Waals surface area contributed by atoms with Gasteiger partial charge in [-0.3, -0.25) is 4.79 Å². The summed E-state index contributed by atoms with van der Waals surface area (Å²) in [6.07, 6.45) is 2.45. The van der Waals surface area contributed by atoms with Gasteiger partial charge in [-0.2, -0.15) is 0 Å². The molecule has 6 heteroatoms. The predicted octanol–water partition coefficient (Wildman–Crippen LogP) is 4.24. The number of rotatable bonds is 10. The number of hydrogen-bond donors (Lipinski definition) is 1. The van der Waals surface area contributed by atoms with Gasteiger partial charge in [0.25, 0.3) is 0 Å². The van der Waals surface area contributed by atoms with Crippen LogP contribution in [0.4, 0.5) is 0 Å². The first kappa shape index (κ1) is 19.9. The number of carbonyl (C=O) groups excluding carboxylic acids is 1. The molecular weight excluding hydrogens is 354 g/mol. The van der Waals surface area contributed by atoms with E-state index in [1.807, 2.05) is 29.6 Å². The van der Waals surface area contributed by atoms with Crippen LogP contribution in [-0.4, -0.2) is 42.0 Å². The van der Waals surface area contributed by atoms with E-state index >= 15 is 0 Å². The highest BCUT2D eigenvalue weighted by Crippen LogP contribution is 2.25. The Morgan fingerprint density at radius 1 is 1.20 bits per heavy atom. The van der Waals surface area contributed by atoms with Crippen molar-refractivity contribution in [1.29, 1.82) is 0 Å². The van der Waals surface area contributed by atoms with E-state index in [9.17, 15) is 4.79 Å². The fraction of sp³-hybridized carbons (Fsp3) is 0.474. The minimum Gasteiger partial charge on any atom is -0.356 e. The van der Waals surface area contributed by atoms with Gasteiger partial charge in [0, 0.05) is 22.5 Å². The summed E-state index contributed by atoms with van der Waals surface area (Å²) < 4.78 is 0. The number of halogens is 1. The smallest absolute Gasteiger partial charge is 0.226 e. The molecule has 136 valence electrons. The lowest BCUT2D eigenvalue weighted by molar-refractivity contribution is -0.120. The van der Waals surface area contributed by atoms with Crippen molar-refractivity contribution in [3.63, 3.8) is 0 Å². The lowest BCUT2D eigenvalue weighted by Gasteiger charge is -2.17. The van der Waals surface area contributed by atoms with Crippen molar-refractivity contribution in [2.75, 3.05) is 26.2 Å². The molecule has 2 aromatic rings. The maximum Gasteiger partial charge on any atom is 0.226 e. The van der Waals surface area contributed by atoms with Crippen molar-refractivity contribution in [1.82, 2.24) is 15.2 Å². The Bertz CT molecular complexity index is 653. The molecule has 0 aliphatic heterocycles. The number of benzene rings is 1. The fourth-order valence-electron chi connectivity index (χ4n) is 2.57. The van der Waals surface area contributed by atoms with Crippen molar-refractivity contribution in [2.45, 2.75) is 33.1 Å². The van der Waals surface area contributed by atoms with Crippen LogP contribution >= 0.6 is 22.9 Å². The molecule has 1 heterocycles. The van der Waals surface area contributed by atoms with E-state index in [-0.39, 0.29) is 5.91 Å². The van der Waals surface area contributed by atoms with E-state index in [0.717, 1.165) is 55.3 Å². The number of aromatic nitrogens is 1. The topological polar surface area (TPSA) is 45.2 Å². The third-order valence-electron chi connectivity index (χ3n) is 4.10. The largest absolute Gasteiger partial charge is 0.356 e. The molecule has 0 saturated heterocycles. The summed E-state index contributed by atoms with van der Waals surface area (Å²) in [4.78, 5) is 19.0. The van der Waals surface area contributed by atoms with Gasteiger partial charge in [-0.25, -0.2) is 4.98 Å². The third-order valence-corrected chi connectivity index (χ3v) is 5.29. The van der Waals surface area contributed by atoms with E-state index in [2.05, 4.69) is 29.0 Å². The highest BCUT2D eigenvalue weighted by atomic mass is 35.5. The summed E-state index contributed by atoms with van der Waals surface area (Å²) in [5.41, 5.74) is 1.84. The van der Waals surface area contributed by atoms with Crippen molar-refractivity contribution in [3.05, 3.63) is 40.4 Å². The highest BCUT2D eigenvalue weighted by Gasteiger charge is 2.09. The Labute approximate surface area is 159 Å². The van der Waals surface area contributed by atoms with Crippen molar-refractivity contribution in [3.8, 4) is 10.6 Å². The van der Waals surface area contributed by atoms with Gasteiger partial charge in [0.2, 0.25) is 5.91 Å². The van der Waals surface area contributed by atoms with Gasteiger partial charge >= 0.3 is 0 Å². The minimum absolute atomic E-state index is 0.0378. The molecule has 1 aromatic heterocycles. The van der Waals surface area contributed by atoms with Crippen LogP contribution in [0.2, 0.25) is 5.02 Å². The van der Waals surface area contributed by atoms with Gasteiger partial charge in [-0.05, 0) is 44.6 Å². The molecule has 2 rings (SSSR count). The maximum atomic E-state index is 12.0. The number of hydrogen-bond acceptors (Lipinski definition) is 4. The van der Waals surface area contributed by atoms with E-state index in [0.29, 0.717) is 11.4 Å². The van der Waals surface area contributed by atoms with Gasteiger partial charge < -0.3 is 10.2 Å². The number of nitrogens with zero attached hydrogens (tertiary/aromatic N) is 2. The normalized spacial score (nSPS) is 11.0. The van der Waals surface area contributed by atoms with Crippen LogP contribution in [0.25, 0.3) is 10.6 Å². The number of carbonyl (C=O) groups is 1. The first-order chi connectivity index (χ1) is 12.1. The molecule has 0 unspecified atom stereocenters. The van der Waals surface area contributed by atoms with Crippen LogP contribution in [0, 0.1) is 0 Å². The Hall–Kier alpha value is -1.43. The molecule has 0 fully saturated rings. The molecule has 0 spiro atoms. The molecule has 0 atom stereocenters. The molecule has 0 radical (unpaired) electrons. The molecule has 4 nitrogen and oxygen atoms in total. The average Bonchev–Trinajstić information content (AvgIpc) is 3.07. The quantitative estimate of drug-likeness (QED) is 0.628. The summed E-state index contributed by atoms with van der Waals surface area (Å²) in [6, 6.07) is 7.59. The zero-order valence-corrected chi connectivity index (χ0v) is 16.5. The second-order valence-corrected chi connectivity index (χ2v) is 7.21. The van der Waals surface area contributed by atoms with Gasteiger partial charge in [-0.1, -0.05) is 37.6 Å². The molecular formula is C19H26ClN3OS. The summed E-state index contributed by atoms with van der Waals surface area (Å²) in [5, 5.41) is 6.56. The van der Waals surface area contributed by atoms with Crippen molar-refractivity contribution >= 4 is 28.8 Å².